The van der Waals surface area contributed by atoms with E-state index in [0.717, 1.165) is 31.2 Å². The van der Waals surface area contributed by atoms with Crippen LogP contribution in [0.15, 0.2) is 18.2 Å². The summed E-state index contributed by atoms with van der Waals surface area (Å²) in [5.41, 5.74) is 8.19. The lowest BCUT2D eigenvalue weighted by Crippen LogP contribution is -2.30. The van der Waals surface area contributed by atoms with E-state index in [1.165, 1.54) is 0 Å². The van der Waals surface area contributed by atoms with E-state index in [2.05, 4.69) is 5.32 Å². The van der Waals surface area contributed by atoms with Gasteiger partial charge >= 0.3 is 0 Å². The average molecular weight is 292 g/mol. The number of carbonyl (C=O) groups excluding carboxylic acids is 1. The minimum Gasteiger partial charge on any atom is -0.398 e. The number of carbonyl (C=O) groups is 1. The third-order valence-corrected chi connectivity index (χ3v) is 3.92. The number of nitrogen functional groups attached to an aromatic ring is 1. The highest BCUT2D eigenvalue weighted by Crippen LogP contribution is 2.23. The molecule has 1 aromatic carbocycles. The number of hydrogen-bond donors (Lipinski definition) is 2. The van der Waals surface area contributed by atoms with E-state index in [-0.39, 0.29) is 24.7 Å². The van der Waals surface area contributed by atoms with Gasteiger partial charge in [-0.05, 0) is 50.3 Å². The lowest BCUT2D eigenvalue weighted by Gasteiger charge is -2.27. The van der Waals surface area contributed by atoms with Gasteiger partial charge < -0.3 is 20.5 Å². The molecule has 116 valence electrons. The van der Waals surface area contributed by atoms with Gasteiger partial charge in [0.25, 0.3) is 0 Å². The molecular weight excluding hydrogens is 268 g/mol. The number of benzene rings is 1. The van der Waals surface area contributed by atoms with Gasteiger partial charge in [-0.1, -0.05) is 6.07 Å². The molecule has 2 rings (SSSR count). The lowest BCUT2D eigenvalue weighted by molar-refractivity contribution is -0.124. The predicted molar refractivity (Wildman–Crippen MR) is 83.2 cm³/mol. The van der Waals surface area contributed by atoms with E-state index in [1.54, 1.807) is 13.2 Å². The summed E-state index contributed by atoms with van der Waals surface area (Å²) >= 11 is 0. The summed E-state index contributed by atoms with van der Waals surface area (Å²) in [4.78, 5) is 11.9. The molecule has 0 spiro atoms. The summed E-state index contributed by atoms with van der Waals surface area (Å²) in [5, 5.41) is 2.80. The molecule has 0 aromatic heterocycles. The van der Waals surface area contributed by atoms with E-state index in [9.17, 15) is 4.79 Å². The summed E-state index contributed by atoms with van der Waals surface area (Å²) < 4.78 is 11.0. The number of anilines is 2. The highest BCUT2D eigenvalue weighted by molar-refractivity contribution is 5.92. The Kier molecular flexibility index (Phi) is 5.59. The van der Waals surface area contributed by atoms with Crippen LogP contribution in [-0.2, 0) is 14.3 Å². The van der Waals surface area contributed by atoms with E-state index in [4.69, 9.17) is 15.2 Å². The van der Waals surface area contributed by atoms with Gasteiger partial charge in [0.1, 0.15) is 6.61 Å². The molecule has 2 unspecified atom stereocenters. The molecule has 0 heterocycles. The van der Waals surface area contributed by atoms with Crippen LogP contribution in [0.3, 0.4) is 0 Å². The van der Waals surface area contributed by atoms with Crippen LogP contribution in [0.4, 0.5) is 11.4 Å². The summed E-state index contributed by atoms with van der Waals surface area (Å²) in [6, 6.07) is 5.48. The molecule has 0 radical (unpaired) electrons. The molecule has 3 N–H and O–H groups in total. The zero-order chi connectivity index (χ0) is 15.2. The summed E-state index contributed by atoms with van der Waals surface area (Å²) in [7, 11) is 1.72. The largest absolute Gasteiger partial charge is 0.398 e. The van der Waals surface area contributed by atoms with Crippen LogP contribution in [0.1, 0.15) is 31.2 Å². The zero-order valence-electron chi connectivity index (χ0n) is 12.7. The van der Waals surface area contributed by atoms with E-state index < -0.39 is 0 Å². The maximum absolute atomic E-state index is 11.9. The van der Waals surface area contributed by atoms with Gasteiger partial charge in [0.05, 0.1) is 12.2 Å². The van der Waals surface area contributed by atoms with Crippen molar-refractivity contribution in [3.8, 4) is 0 Å². The normalized spacial score (nSPS) is 22.0. The lowest BCUT2D eigenvalue weighted by atomic mass is 9.95. The first kappa shape index (κ1) is 15.8. The third kappa shape index (κ3) is 4.72. The van der Waals surface area contributed by atoms with Crippen molar-refractivity contribution in [3.05, 3.63) is 23.8 Å². The fourth-order valence-corrected chi connectivity index (χ4v) is 2.58. The molecule has 1 aromatic rings. The Hall–Kier alpha value is -1.59. The third-order valence-electron chi connectivity index (χ3n) is 3.92. The SMILES string of the molecule is COC1CCCC(OCC(=O)Nc2ccc(C)c(N)c2)C1. The fourth-order valence-electron chi connectivity index (χ4n) is 2.58. The second-order valence-corrected chi connectivity index (χ2v) is 5.58. The molecule has 1 saturated carbocycles. The number of hydrogen-bond acceptors (Lipinski definition) is 4. The van der Waals surface area contributed by atoms with Gasteiger partial charge in [0.15, 0.2) is 0 Å². The summed E-state index contributed by atoms with van der Waals surface area (Å²) in [6.07, 6.45) is 4.37. The first-order valence-corrected chi connectivity index (χ1v) is 7.39. The van der Waals surface area contributed by atoms with Crippen molar-refractivity contribution in [3.63, 3.8) is 0 Å². The predicted octanol–water partition coefficient (Wildman–Crippen LogP) is 2.49. The van der Waals surface area contributed by atoms with Crippen molar-refractivity contribution in [1.82, 2.24) is 0 Å². The summed E-state index contributed by atoms with van der Waals surface area (Å²) in [6.45, 7) is 1.99. The molecule has 1 fully saturated rings. The Labute approximate surface area is 125 Å². The maximum atomic E-state index is 11.9. The Bertz CT molecular complexity index is 490. The molecule has 21 heavy (non-hydrogen) atoms. The number of aryl methyl sites for hydroxylation is 1. The molecule has 1 aliphatic rings. The average Bonchev–Trinajstić information content (AvgIpc) is 2.49. The van der Waals surface area contributed by atoms with Gasteiger partial charge in [0.2, 0.25) is 5.91 Å². The monoisotopic (exact) mass is 292 g/mol. The summed E-state index contributed by atoms with van der Waals surface area (Å²) in [5.74, 6) is -0.155. The maximum Gasteiger partial charge on any atom is 0.250 e. The van der Waals surface area contributed by atoms with Crippen molar-refractivity contribution in [1.29, 1.82) is 0 Å². The number of rotatable bonds is 5. The molecular formula is C16H24N2O3. The second-order valence-electron chi connectivity index (χ2n) is 5.58. The molecule has 0 aliphatic heterocycles. The fraction of sp³-hybridized carbons (Fsp3) is 0.562. The molecule has 5 nitrogen and oxygen atoms in total. The number of amides is 1. The topological polar surface area (TPSA) is 73.6 Å². The van der Waals surface area contributed by atoms with Crippen molar-refractivity contribution in [2.45, 2.75) is 44.8 Å². The van der Waals surface area contributed by atoms with Gasteiger partial charge in [-0.2, -0.15) is 0 Å². The van der Waals surface area contributed by atoms with Crippen molar-refractivity contribution >= 4 is 17.3 Å². The highest BCUT2D eigenvalue weighted by atomic mass is 16.5. The van der Waals surface area contributed by atoms with Gasteiger partial charge in [-0.3, -0.25) is 4.79 Å². The minimum absolute atomic E-state index is 0.0644. The number of methoxy groups -OCH3 is 1. The number of ether oxygens (including phenoxy) is 2. The van der Waals surface area contributed by atoms with Crippen molar-refractivity contribution in [2.24, 2.45) is 0 Å². The Morgan fingerprint density at radius 3 is 2.86 bits per heavy atom. The molecule has 1 aliphatic carbocycles. The smallest absolute Gasteiger partial charge is 0.250 e. The van der Waals surface area contributed by atoms with Crippen LogP contribution >= 0.6 is 0 Å². The van der Waals surface area contributed by atoms with E-state index in [0.29, 0.717) is 11.4 Å². The second kappa shape index (κ2) is 7.43. The molecule has 0 saturated heterocycles. The number of nitrogens with one attached hydrogen (secondary N) is 1. The molecule has 1 amide bonds. The molecule has 0 bridgehead atoms. The van der Waals surface area contributed by atoms with E-state index >= 15 is 0 Å². The van der Waals surface area contributed by atoms with Gasteiger partial charge in [-0.15, -0.1) is 0 Å². The standard InChI is InChI=1S/C16H24N2O3/c1-11-6-7-12(8-15(11)17)18-16(19)10-21-14-5-3-4-13(9-14)20-2/h6-8,13-14H,3-5,9-10,17H2,1-2H3,(H,18,19). The van der Waals surface area contributed by atoms with Gasteiger partial charge in [-0.25, -0.2) is 0 Å². The van der Waals surface area contributed by atoms with Crippen LogP contribution < -0.4 is 11.1 Å². The molecule has 5 heteroatoms. The van der Waals surface area contributed by atoms with E-state index in [1.807, 2.05) is 19.1 Å². The zero-order valence-corrected chi connectivity index (χ0v) is 12.7. The van der Waals surface area contributed by atoms with Crippen molar-refractivity contribution < 1.29 is 14.3 Å². The van der Waals surface area contributed by atoms with Crippen LogP contribution in [0, 0.1) is 6.92 Å². The molecule has 2 atom stereocenters. The van der Waals surface area contributed by atoms with Crippen LogP contribution in [0.25, 0.3) is 0 Å². The van der Waals surface area contributed by atoms with Crippen molar-refractivity contribution in [2.75, 3.05) is 24.8 Å². The minimum atomic E-state index is -0.155. The van der Waals surface area contributed by atoms with Crippen LogP contribution in [0.2, 0.25) is 0 Å². The van der Waals surface area contributed by atoms with Gasteiger partial charge in [0, 0.05) is 18.5 Å². The Balaban J connectivity index is 1.78. The Morgan fingerprint density at radius 2 is 2.14 bits per heavy atom. The van der Waals surface area contributed by atoms with Crippen LogP contribution in [0.5, 0.6) is 0 Å². The van der Waals surface area contributed by atoms with Crippen LogP contribution in [-0.4, -0.2) is 31.8 Å². The first-order valence-electron chi connectivity index (χ1n) is 7.39. The quantitative estimate of drug-likeness (QED) is 0.818. The highest BCUT2D eigenvalue weighted by Gasteiger charge is 2.22. The Morgan fingerprint density at radius 1 is 1.38 bits per heavy atom. The number of nitrogens with two attached hydrogens (primary N) is 1. The first-order chi connectivity index (χ1) is 10.1.